The van der Waals surface area contributed by atoms with E-state index in [0.717, 1.165) is 57.5 Å². The molecule has 0 aromatic rings. The van der Waals surface area contributed by atoms with Crippen molar-refractivity contribution >= 4 is 42.0 Å². The molecule has 0 spiro atoms. The lowest BCUT2D eigenvalue weighted by Crippen LogP contribution is -2.33. The Morgan fingerprint density at radius 2 is 1.03 bits per heavy atom. The maximum absolute atomic E-state index is 11.3. The first-order valence-corrected chi connectivity index (χ1v) is 17.4. The molecule has 0 aliphatic heterocycles. The maximum atomic E-state index is 11.3. The van der Waals surface area contributed by atoms with Gasteiger partial charge in [0.2, 0.25) is 9.05 Å². The molecular formula is C24H51ClN2O10S2. The van der Waals surface area contributed by atoms with Gasteiger partial charge in [-0.15, -0.1) is 0 Å². The second kappa shape index (κ2) is 22.4. The Labute approximate surface area is 240 Å². The van der Waals surface area contributed by atoms with Crippen LogP contribution >= 0.6 is 10.7 Å². The fraction of sp³-hybridized carbons (Fsp3) is 0.917. The largest absolute Gasteiger partial charge is 0.444 e. The minimum absolute atomic E-state index is 0.221. The summed E-state index contributed by atoms with van der Waals surface area (Å²) in [4.78, 5) is 22.5. The van der Waals surface area contributed by atoms with Crippen LogP contribution in [-0.2, 0) is 32.8 Å². The van der Waals surface area contributed by atoms with Crippen molar-refractivity contribution in [1.82, 2.24) is 10.6 Å². The summed E-state index contributed by atoms with van der Waals surface area (Å²) in [6.45, 7) is 12.6. The number of halogens is 1. The Hall–Kier alpha value is -1.35. The lowest BCUT2D eigenvalue weighted by Gasteiger charge is -2.19. The summed E-state index contributed by atoms with van der Waals surface area (Å²) in [5.74, 6) is 0. The average Bonchev–Trinajstić information content (AvgIpc) is 2.68. The van der Waals surface area contributed by atoms with Crippen LogP contribution in [0.4, 0.5) is 9.59 Å². The molecule has 0 radical (unpaired) electrons. The molecule has 0 unspecified atom stereocenters. The van der Waals surface area contributed by atoms with E-state index in [0.29, 0.717) is 19.5 Å². The molecule has 0 saturated carbocycles. The van der Waals surface area contributed by atoms with Gasteiger partial charge in [-0.05, 0) is 67.2 Å². The number of carbonyl (C=O) groups excluding carboxylic acids is 2. The van der Waals surface area contributed by atoms with E-state index in [1.54, 1.807) is 0 Å². The lowest BCUT2D eigenvalue weighted by molar-refractivity contribution is 0.0515. The predicted molar refractivity (Wildman–Crippen MR) is 154 cm³/mol. The molecule has 0 atom stereocenters. The van der Waals surface area contributed by atoms with Crippen LogP contribution in [0.2, 0.25) is 0 Å². The number of aliphatic hydroxyl groups is 1. The Morgan fingerprint density at radius 1 is 0.692 bits per heavy atom. The molecule has 0 bridgehead atoms. The van der Waals surface area contributed by atoms with Crippen LogP contribution in [0.5, 0.6) is 0 Å². The Balaban J connectivity index is -0.000000576. The molecule has 0 rings (SSSR count). The van der Waals surface area contributed by atoms with Crippen LogP contribution in [0.1, 0.15) is 92.9 Å². The molecule has 0 aliphatic rings. The van der Waals surface area contributed by atoms with Gasteiger partial charge in [0, 0.05) is 30.4 Å². The topological polar surface area (TPSA) is 174 Å². The van der Waals surface area contributed by atoms with Gasteiger partial charge < -0.3 is 25.2 Å². The zero-order valence-electron chi connectivity index (χ0n) is 24.8. The van der Waals surface area contributed by atoms with E-state index in [-0.39, 0.29) is 19.3 Å². The second-order valence-corrected chi connectivity index (χ2v) is 15.3. The number of amides is 2. The van der Waals surface area contributed by atoms with Gasteiger partial charge in [0.25, 0.3) is 10.1 Å². The number of hydrogen-bond donors (Lipinski definition) is 3. The average molecular weight is 627 g/mol. The molecule has 0 heterocycles. The van der Waals surface area contributed by atoms with Gasteiger partial charge in [0.15, 0.2) is 0 Å². The van der Waals surface area contributed by atoms with E-state index < -0.39 is 36.5 Å². The van der Waals surface area contributed by atoms with Crippen LogP contribution in [0.15, 0.2) is 0 Å². The summed E-state index contributed by atoms with van der Waals surface area (Å²) in [5.41, 5.74) is -0.909. The van der Waals surface area contributed by atoms with Gasteiger partial charge >= 0.3 is 12.2 Å². The molecule has 236 valence electrons. The molecule has 0 fully saturated rings. The number of hydrogen-bond acceptors (Lipinski definition) is 10. The van der Waals surface area contributed by atoms with Crippen molar-refractivity contribution in [1.29, 1.82) is 0 Å². The first-order valence-electron chi connectivity index (χ1n) is 12.8. The number of unbranched alkanes of at least 4 members (excludes halogenated alkanes) is 6. The Morgan fingerprint density at radius 3 is 1.33 bits per heavy atom. The van der Waals surface area contributed by atoms with Crippen LogP contribution < -0.4 is 10.6 Å². The summed E-state index contributed by atoms with van der Waals surface area (Å²) in [6.07, 6.45) is 8.30. The standard InChI is InChI=1S/C12H25NO5S.C11H23NO3.CH3ClO2S/c1-12(2,3)18-11(14)13-9-7-5-6-8-10-17-19(4,15)16;1-11(2,3)15-10(14)12-8-6-4-5-7-9-13;1-5(2,3)4/h5-10H2,1-4H3,(H,13,14);13H,4-9H2,1-3H3,(H,12,14);1H3. The number of aliphatic hydroxyl groups excluding tert-OH is 1. The van der Waals surface area contributed by atoms with E-state index in [2.05, 4.69) is 25.5 Å². The number of alkyl carbamates (subject to hydrolysis) is 2. The quantitative estimate of drug-likeness (QED) is 0.143. The van der Waals surface area contributed by atoms with E-state index >= 15 is 0 Å². The SMILES string of the molecule is CC(C)(C)OC(=O)NCCCCCCO.CC(C)(C)OC(=O)NCCCCCCOS(C)(=O)=O.CS(=O)(=O)Cl. The van der Waals surface area contributed by atoms with Crippen molar-refractivity contribution in [2.24, 2.45) is 0 Å². The molecular weight excluding hydrogens is 576 g/mol. The van der Waals surface area contributed by atoms with Gasteiger partial charge in [0.05, 0.1) is 19.1 Å². The molecule has 12 nitrogen and oxygen atoms in total. The fourth-order valence-corrected chi connectivity index (χ4v) is 2.81. The number of nitrogens with one attached hydrogen (secondary N) is 2. The first-order chi connectivity index (χ1) is 17.6. The minimum Gasteiger partial charge on any atom is -0.444 e. The van der Waals surface area contributed by atoms with Crippen LogP contribution in [-0.4, -0.2) is 84.1 Å². The van der Waals surface area contributed by atoms with Gasteiger partial charge in [-0.3, -0.25) is 4.18 Å². The highest BCUT2D eigenvalue weighted by molar-refractivity contribution is 8.13. The molecule has 3 N–H and O–H groups in total. The van der Waals surface area contributed by atoms with Gasteiger partial charge in [-0.1, -0.05) is 25.7 Å². The van der Waals surface area contributed by atoms with Crippen molar-refractivity contribution < 1.29 is 45.2 Å². The van der Waals surface area contributed by atoms with Crippen molar-refractivity contribution in [3.63, 3.8) is 0 Å². The lowest BCUT2D eigenvalue weighted by atomic mass is 10.2. The van der Waals surface area contributed by atoms with E-state index in [1.807, 2.05) is 41.5 Å². The van der Waals surface area contributed by atoms with E-state index in [9.17, 15) is 26.4 Å². The smallest absolute Gasteiger partial charge is 0.407 e. The van der Waals surface area contributed by atoms with E-state index in [4.69, 9.17) is 14.6 Å². The predicted octanol–water partition coefficient (Wildman–Crippen LogP) is 4.30. The number of ether oxygens (including phenoxy) is 2. The molecule has 0 aliphatic carbocycles. The Kier molecular flexibility index (Phi) is 24.1. The molecule has 0 saturated heterocycles. The summed E-state index contributed by atoms with van der Waals surface area (Å²) in [6, 6.07) is 0. The first kappa shape index (κ1) is 42.1. The molecule has 15 heteroatoms. The van der Waals surface area contributed by atoms with Gasteiger partial charge in [0.1, 0.15) is 11.2 Å². The molecule has 2 amide bonds. The van der Waals surface area contributed by atoms with E-state index in [1.165, 1.54) is 0 Å². The minimum atomic E-state index is -3.32. The second-order valence-electron chi connectivity index (χ2n) is 10.6. The van der Waals surface area contributed by atoms with Gasteiger partial charge in [-0.2, -0.15) is 8.42 Å². The summed E-state index contributed by atoms with van der Waals surface area (Å²) in [7, 11) is -2.02. The third kappa shape index (κ3) is 53.6. The van der Waals surface area contributed by atoms with Crippen molar-refractivity contribution in [2.75, 3.05) is 38.8 Å². The maximum Gasteiger partial charge on any atom is 0.407 e. The van der Waals surface area contributed by atoms with Crippen molar-refractivity contribution in [2.45, 2.75) is 104 Å². The fourth-order valence-electron chi connectivity index (χ4n) is 2.39. The molecule has 0 aromatic carbocycles. The summed E-state index contributed by atoms with van der Waals surface area (Å²) in [5, 5.41) is 13.9. The molecule has 39 heavy (non-hydrogen) atoms. The van der Waals surface area contributed by atoms with Crippen LogP contribution in [0.3, 0.4) is 0 Å². The monoisotopic (exact) mass is 626 g/mol. The highest BCUT2D eigenvalue weighted by Crippen LogP contribution is 2.07. The van der Waals surface area contributed by atoms with Crippen LogP contribution in [0.25, 0.3) is 0 Å². The Bertz CT molecular complexity index is 845. The summed E-state index contributed by atoms with van der Waals surface area (Å²) >= 11 is 0. The third-order valence-electron chi connectivity index (χ3n) is 3.79. The summed E-state index contributed by atoms with van der Waals surface area (Å²) < 4.78 is 54.9. The van der Waals surface area contributed by atoms with Crippen molar-refractivity contribution in [3.8, 4) is 0 Å². The highest BCUT2D eigenvalue weighted by Gasteiger charge is 2.16. The number of rotatable bonds is 14. The molecule has 0 aromatic heterocycles. The van der Waals surface area contributed by atoms with Gasteiger partial charge in [-0.25, -0.2) is 18.0 Å². The number of carbonyl (C=O) groups is 2. The third-order valence-corrected chi connectivity index (χ3v) is 4.38. The van der Waals surface area contributed by atoms with Crippen LogP contribution in [0, 0.1) is 0 Å². The normalized spacial score (nSPS) is 11.7. The zero-order chi connectivity index (χ0) is 31.2. The van der Waals surface area contributed by atoms with Crippen molar-refractivity contribution in [3.05, 3.63) is 0 Å². The zero-order valence-corrected chi connectivity index (χ0v) is 27.2. The highest BCUT2D eigenvalue weighted by atomic mass is 35.7.